The van der Waals surface area contributed by atoms with Crippen molar-refractivity contribution in [3.05, 3.63) is 39.6 Å². The average molecular weight is 311 g/mol. The van der Waals surface area contributed by atoms with E-state index >= 15 is 0 Å². The van der Waals surface area contributed by atoms with E-state index in [1.165, 1.54) is 6.33 Å². The molecule has 4 nitrogen and oxygen atoms in total. The lowest BCUT2D eigenvalue weighted by atomic mass is 10.1. The van der Waals surface area contributed by atoms with Gasteiger partial charge < -0.3 is 11.1 Å². The third kappa shape index (κ3) is 3.14. The zero-order valence-electron chi connectivity index (χ0n) is 11.4. The van der Waals surface area contributed by atoms with Crippen molar-refractivity contribution < 1.29 is 0 Å². The van der Waals surface area contributed by atoms with E-state index in [1.807, 2.05) is 13.0 Å². The Bertz CT molecular complexity index is 629. The molecule has 2 rings (SSSR count). The van der Waals surface area contributed by atoms with Crippen molar-refractivity contribution in [1.82, 2.24) is 9.97 Å². The molecular weight excluding hydrogens is 295 g/mol. The minimum Gasteiger partial charge on any atom is -0.383 e. The van der Waals surface area contributed by atoms with Crippen molar-refractivity contribution in [1.29, 1.82) is 0 Å². The lowest BCUT2D eigenvalue weighted by Gasteiger charge is -2.13. The number of nitrogens with zero attached hydrogens (tertiary/aromatic N) is 2. The fraction of sp³-hybridized carbons (Fsp3) is 0.286. The molecule has 0 bridgehead atoms. The fourth-order valence-corrected chi connectivity index (χ4v) is 2.33. The van der Waals surface area contributed by atoms with Crippen LogP contribution in [0.25, 0.3) is 0 Å². The van der Waals surface area contributed by atoms with Crippen LogP contribution in [-0.2, 0) is 6.42 Å². The third-order valence-electron chi connectivity index (χ3n) is 2.98. The quantitative estimate of drug-likeness (QED) is 0.880. The Morgan fingerprint density at radius 1 is 1.20 bits per heavy atom. The van der Waals surface area contributed by atoms with Gasteiger partial charge in [-0.05, 0) is 31.0 Å². The Hall–Kier alpha value is -1.52. The molecular formula is C14H16Cl2N4. The Balaban J connectivity index is 2.40. The lowest BCUT2D eigenvalue weighted by Crippen LogP contribution is -2.05. The van der Waals surface area contributed by atoms with Crippen LogP contribution in [0.3, 0.4) is 0 Å². The number of hydrogen-bond donors (Lipinski definition) is 2. The SMILES string of the molecule is CCCc1c(N)ncnc1Nc1cc(Cl)c(C)cc1Cl. The molecule has 0 fully saturated rings. The molecule has 0 spiro atoms. The molecule has 0 atom stereocenters. The largest absolute Gasteiger partial charge is 0.383 e. The molecule has 6 heteroatoms. The van der Waals surface area contributed by atoms with Crippen molar-refractivity contribution in [2.75, 3.05) is 11.1 Å². The average Bonchev–Trinajstić information content (AvgIpc) is 2.40. The van der Waals surface area contributed by atoms with Crippen LogP contribution in [0.15, 0.2) is 18.5 Å². The van der Waals surface area contributed by atoms with Gasteiger partial charge in [-0.2, -0.15) is 0 Å². The summed E-state index contributed by atoms with van der Waals surface area (Å²) in [7, 11) is 0. The van der Waals surface area contributed by atoms with Gasteiger partial charge in [-0.15, -0.1) is 0 Å². The van der Waals surface area contributed by atoms with Gasteiger partial charge in [0.1, 0.15) is 18.0 Å². The molecule has 3 N–H and O–H groups in total. The van der Waals surface area contributed by atoms with Crippen LogP contribution < -0.4 is 11.1 Å². The van der Waals surface area contributed by atoms with Gasteiger partial charge in [-0.1, -0.05) is 36.5 Å². The van der Waals surface area contributed by atoms with Crippen LogP contribution in [0.4, 0.5) is 17.3 Å². The van der Waals surface area contributed by atoms with Crippen LogP contribution >= 0.6 is 23.2 Å². The molecule has 1 aromatic carbocycles. The zero-order valence-corrected chi connectivity index (χ0v) is 12.9. The number of aryl methyl sites for hydroxylation is 1. The maximum Gasteiger partial charge on any atom is 0.139 e. The first kappa shape index (κ1) is 14.9. The normalized spacial score (nSPS) is 10.6. The summed E-state index contributed by atoms with van der Waals surface area (Å²) in [5, 5.41) is 4.43. The Kier molecular flexibility index (Phi) is 4.68. The van der Waals surface area contributed by atoms with E-state index in [0.29, 0.717) is 27.4 Å². The summed E-state index contributed by atoms with van der Waals surface area (Å²) >= 11 is 12.4. The molecule has 1 heterocycles. The number of halogens is 2. The van der Waals surface area contributed by atoms with Gasteiger partial charge in [0.15, 0.2) is 0 Å². The number of hydrogen-bond acceptors (Lipinski definition) is 4. The summed E-state index contributed by atoms with van der Waals surface area (Å²) in [5.74, 6) is 1.15. The minimum atomic E-state index is 0.485. The lowest BCUT2D eigenvalue weighted by molar-refractivity contribution is 0.908. The van der Waals surface area contributed by atoms with Crippen LogP contribution in [-0.4, -0.2) is 9.97 Å². The van der Waals surface area contributed by atoms with E-state index in [4.69, 9.17) is 28.9 Å². The Morgan fingerprint density at radius 2 is 1.95 bits per heavy atom. The first-order valence-electron chi connectivity index (χ1n) is 6.35. The second-order valence-electron chi connectivity index (χ2n) is 4.54. The van der Waals surface area contributed by atoms with Crippen LogP contribution in [0.2, 0.25) is 10.0 Å². The highest BCUT2D eigenvalue weighted by Crippen LogP contribution is 2.32. The zero-order chi connectivity index (χ0) is 14.7. The van der Waals surface area contributed by atoms with Crippen molar-refractivity contribution in [2.24, 2.45) is 0 Å². The van der Waals surface area contributed by atoms with Crippen LogP contribution in [0.5, 0.6) is 0 Å². The molecule has 0 amide bonds. The Labute approximate surface area is 128 Å². The highest BCUT2D eigenvalue weighted by molar-refractivity contribution is 6.35. The molecule has 0 saturated carbocycles. The summed E-state index contributed by atoms with van der Waals surface area (Å²) < 4.78 is 0. The molecule has 2 aromatic rings. The molecule has 106 valence electrons. The smallest absolute Gasteiger partial charge is 0.139 e. The van der Waals surface area contributed by atoms with Gasteiger partial charge in [0.2, 0.25) is 0 Å². The molecule has 1 aromatic heterocycles. The molecule has 0 aliphatic rings. The molecule has 0 saturated heterocycles. The first-order chi connectivity index (χ1) is 9.52. The van der Waals surface area contributed by atoms with E-state index in [1.54, 1.807) is 6.07 Å². The number of nitrogens with two attached hydrogens (primary N) is 1. The maximum atomic E-state index is 6.22. The van der Waals surface area contributed by atoms with Gasteiger partial charge in [0.25, 0.3) is 0 Å². The second-order valence-corrected chi connectivity index (χ2v) is 5.36. The summed E-state index contributed by atoms with van der Waals surface area (Å²) in [6, 6.07) is 3.60. The molecule has 20 heavy (non-hydrogen) atoms. The fourth-order valence-electron chi connectivity index (χ4n) is 1.90. The van der Waals surface area contributed by atoms with Gasteiger partial charge >= 0.3 is 0 Å². The van der Waals surface area contributed by atoms with Gasteiger partial charge in [-0.3, -0.25) is 0 Å². The Morgan fingerprint density at radius 3 is 2.65 bits per heavy atom. The summed E-state index contributed by atoms with van der Waals surface area (Å²) in [6.07, 6.45) is 3.18. The highest BCUT2D eigenvalue weighted by Gasteiger charge is 2.11. The van der Waals surface area contributed by atoms with Gasteiger partial charge in [0.05, 0.1) is 10.7 Å². The second kappa shape index (κ2) is 6.29. The monoisotopic (exact) mass is 310 g/mol. The third-order valence-corrected chi connectivity index (χ3v) is 3.70. The van der Waals surface area contributed by atoms with Crippen molar-refractivity contribution in [2.45, 2.75) is 26.7 Å². The first-order valence-corrected chi connectivity index (χ1v) is 7.10. The summed E-state index contributed by atoms with van der Waals surface area (Å²) in [4.78, 5) is 8.26. The number of nitrogens with one attached hydrogen (secondary N) is 1. The van der Waals surface area contributed by atoms with Gasteiger partial charge in [-0.25, -0.2) is 9.97 Å². The topological polar surface area (TPSA) is 63.8 Å². The van der Waals surface area contributed by atoms with Crippen molar-refractivity contribution in [3.63, 3.8) is 0 Å². The standard InChI is InChI=1S/C14H16Cl2N4/c1-3-4-9-13(17)18-7-19-14(9)20-12-6-10(15)8(2)5-11(12)16/h5-7H,3-4H2,1-2H3,(H3,17,18,19,20). The van der Waals surface area contributed by atoms with Gasteiger partial charge in [0, 0.05) is 10.6 Å². The van der Waals surface area contributed by atoms with E-state index in [-0.39, 0.29) is 0 Å². The van der Waals surface area contributed by atoms with Crippen molar-refractivity contribution >= 4 is 40.5 Å². The predicted octanol–water partition coefficient (Wildman–Crippen LogP) is 4.37. The van der Waals surface area contributed by atoms with Crippen LogP contribution in [0, 0.1) is 6.92 Å². The number of aromatic nitrogens is 2. The number of nitrogen functional groups attached to an aromatic ring is 1. The minimum absolute atomic E-state index is 0.485. The predicted molar refractivity (Wildman–Crippen MR) is 84.9 cm³/mol. The molecule has 0 radical (unpaired) electrons. The number of benzene rings is 1. The number of rotatable bonds is 4. The van der Waals surface area contributed by atoms with E-state index in [2.05, 4.69) is 22.2 Å². The highest BCUT2D eigenvalue weighted by atomic mass is 35.5. The number of anilines is 3. The molecule has 0 aliphatic heterocycles. The summed E-state index contributed by atoms with van der Waals surface area (Å²) in [5.41, 5.74) is 8.43. The van der Waals surface area contributed by atoms with E-state index in [0.717, 1.165) is 24.0 Å². The van der Waals surface area contributed by atoms with Crippen molar-refractivity contribution in [3.8, 4) is 0 Å². The maximum absolute atomic E-state index is 6.22. The van der Waals surface area contributed by atoms with E-state index in [9.17, 15) is 0 Å². The summed E-state index contributed by atoms with van der Waals surface area (Å²) in [6.45, 7) is 3.98. The molecule has 0 aliphatic carbocycles. The van der Waals surface area contributed by atoms with Crippen LogP contribution in [0.1, 0.15) is 24.5 Å². The molecule has 0 unspecified atom stereocenters. The van der Waals surface area contributed by atoms with E-state index < -0.39 is 0 Å².